The molecule has 0 aromatic heterocycles. The van der Waals surface area contributed by atoms with Crippen molar-refractivity contribution < 1.29 is 13.2 Å². The molecule has 0 atom stereocenters. The van der Waals surface area contributed by atoms with Crippen LogP contribution in [0.15, 0.2) is 24.3 Å². The van der Waals surface area contributed by atoms with E-state index in [0.29, 0.717) is 12.1 Å². The monoisotopic (exact) mass is 311 g/mol. The van der Waals surface area contributed by atoms with Crippen molar-refractivity contribution in [1.82, 2.24) is 9.62 Å². The lowest BCUT2D eigenvalue weighted by Gasteiger charge is -2.17. The SMILES string of the molecule is CN(CC(=O)NC1CC1)S(=O)(=O)Cc1ccc(CN)cc1. The highest BCUT2D eigenvalue weighted by Gasteiger charge is 2.26. The Balaban J connectivity index is 1.93. The third-order valence-corrected chi connectivity index (χ3v) is 5.17. The largest absolute Gasteiger partial charge is 0.352 e. The maximum atomic E-state index is 12.2. The number of likely N-dealkylation sites (N-methyl/N-ethyl adjacent to an activating group) is 1. The normalized spacial score (nSPS) is 15.2. The predicted molar refractivity (Wildman–Crippen MR) is 80.8 cm³/mol. The van der Waals surface area contributed by atoms with Crippen molar-refractivity contribution in [3.05, 3.63) is 35.4 Å². The van der Waals surface area contributed by atoms with Crippen molar-refractivity contribution in [2.24, 2.45) is 5.73 Å². The van der Waals surface area contributed by atoms with Crippen LogP contribution in [0.1, 0.15) is 24.0 Å². The number of carbonyl (C=O) groups excluding carboxylic acids is 1. The molecule has 6 nitrogen and oxygen atoms in total. The first kappa shape index (κ1) is 15.9. The summed E-state index contributed by atoms with van der Waals surface area (Å²) in [7, 11) is -2.08. The average Bonchev–Trinajstić information content (AvgIpc) is 3.22. The highest BCUT2D eigenvalue weighted by molar-refractivity contribution is 7.88. The third kappa shape index (κ3) is 4.80. The van der Waals surface area contributed by atoms with Gasteiger partial charge in [0.1, 0.15) is 0 Å². The van der Waals surface area contributed by atoms with Gasteiger partial charge in [0.05, 0.1) is 12.3 Å². The maximum Gasteiger partial charge on any atom is 0.235 e. The number of benzene rings is 1. The van der Waals surface area contributed by atoms with Gasteiger partial charge in [-0.1, -0.05) is 24.3 Å². The lowest BCUT2D eigenvalue weighted by molar-refractivity contribution is -0.121. The van der Waals surface area contributed by atoms with Crippen LogP contribution in [0.2, 0.25) is 0 Å². The van der Waals surface area contributed by atoms with Crippen LogP contribution in [-0.4, -0.2) is 38.3 Å². The molecule has 0 bridgehead atoms. The molecule has 1 aromatic carbocycles. The Morgan fingerprint density at radius 3 is 2.38 bits per heavy atom. The molecule has 0 aliphatic heterocycles. The lowest BCUT2D eigenvalue weighted by Crippen LogP contribution is -2.39. The summed E-state index contributed by atoms with van der Waals surface area (Å²) in [6.45, 7) is 0.286. The minimum atomic E-state index is -3.50. The molecule has 1 aliphatic rings. The zero-order valence-corrected chi connectivity index (χ0v) is 12.9. The molecule has 21 heavy (non-hydrogen) atoms. The van der Waals surface area contributed by atoms with Crippen LogP contribution >= 0.6 is 0 Å². The van der Waals surface area contributed by atoms with E-state index in [0.717, 1.165) is 22.7 Å². The van der Waals surface area contributed by atoms with E-state index in [2.05, 4.69) is 5.32 Å². The van der Waals surface area contributed by atoms with E-state index >= 15 is 0 Å². The molecule has 0 saturated heterocycles. The molecule has 1 amide bonds. The van der Waals surface area contributed by atoms with Gasteiger partial charge >= 0.3 is 0 Å². The van der Waals surface area contributed by atoms with E-state index in [-0.39, 0.29) is 24.2 Å². The van der Waals surface area contributed by atoms with E-state index in [1.807, 2.05) is 12.1 Å². The van der Waals surface area contributed by atoms with Gasteiger partial charge in [0.15, 0.2) is 0 Å². The van der Waals surface area contributed by atoms with Gasteiger partial charge < -0.3 is 11.1 Å². The molecule has 1 aliphatic carbocycles. The summed E-state index contributed by atoms with van der Waals surface area (Å²) in [5.41, 5.74) is 7.14. The van der Waals surface area contributed by atoms with Crippen LogP contribution in [-0.2, 0) is 27.1 Å². The zero-order chi connectivity index (χ0) is 15.5. The highest BCUT2D eigenvalue weighted by atomic mass is 32.2. The molecule has 1 saturated carbocycles. The quantitative estimate of drug-likeness (QED) is 0.751. The molecule has 1 aromatic rings. The lowest BCUT2D eigenvalue weighted by atomic mass is 10.1. The Morgan fingerprint density at radius 1 is 1.29 bits per heavy atom. The topological polar surface area (TPSA) is 92.5 Å². The number of carbonyl (C=O) groups is 1. The number of nitrogens with two attached hydrogens (primary N) is 1. The number of nitrogens with one attached hydrogen (secondary N) is 1. The second-order valence-corrected chi connectivity index (χ2v) is 7.45. The van der Waals surface area contributed by atoms with Crippen molar-refractivity contribution in [2.75, 3.05) is 13.6 Å². The van der Waals surface area contributed by atoms with Crippen molar-refractivity contribution in [2.45, 2.75) is 31.2 Å². The number of hydrogen-bond acceptors (Lipinski definition) is 4. The molecule has 0 spiro atoms. The van der Waals surface area contributed by atoms with Crippen LogP contribution in [0, 0.1) is 0 Å². The van der Waals surface area contributed by atoms with Crippen LogP contribution in [0.4, 0.5) is 0 Å². The van der Waals surface area contributed by atoms with Crippen molar-refractivity contribution in [3.8, 4) is 0 Å². The Kier molecular flexibility index (Phi) is 4.97. The van der Waals surface area contributed by atoms with E-state index in [4.69, 9.17) is 5.73 Å². The number of amides is 1. The third-order valence-electron chi connectivity index (χ3n) is 3.39. The molecular formula is C14H21N3O3S. The standard InChI is InChI=1S/C14H21N3O3S/c1-17(9-14(18)16-13-6-7-13)21(19,20)10-12-4-2-11(8-15)3-5-12/h2-5,13H,6-10,15H2,1H3,(H,16,18). The summed E-state index contributed by atoms with van der Waals surface area (Å²) in [4.78, 5) is 11.7. The number of hydrogen-bond donors (Lipinski definition) is 2. The molecule has 7 heteroatoms. The van der Waals surface area contributed by atoms with Gasteiger partial charge in [-0.05, 0) is 24.0 Å². The predicted octanol–water partition coefficient (Wildman–Crippen LogP) is 0.186. The Hall–Kier alpha value is -1.44. The van der Waals surface area contributed by atoms with E-state index in [1.54, 1.807) is 12.1 Å². The van der Waals surface area contributed by atoms with E-state index in [9.17, 15) is 13.2 Å². The first-order chi connectivity index (χ1) is 9.90. The van der Waals surface area contributed by atoms with E-state index < -0.39 is 10.0 Å². The molecule has 2 rings (SSSR count). The molecule has 0 heterocycles. The summed E-state index contributed by atoms with van der Waals surface area (Å²) in [6.07, 6.45) is 1.96. The minimum absolute atomic E-state index is 0.120. The Labute approximate surface area is 125 Å². The summed E-state index contributed by atoms with van der Waals surface area (Å²) >= 11 is 0. The van der Waals surface area contributed by atoms with Gasteiger partial charge in [-0.25, -0.2) is 8.42 Å². The Morgan fingerprint density at radius 2 is 1.86 bits per heavy atom. The van der Waals surface area contributed by atoms with Gasteiger partial charge in [0.2, 0.25) is 15.9 Å². The molecule has 3 N–H and O–H groups in total. The molecular weight excluding hydrogens is 290 g/mol. The zero-order valence-electron chi connectivity index (χ0n) is 12.1. The summed E-state index contributed by atoms with van der Waals surface area (Å²) in [5, 5.41) is 2.78. The smallest absolute Gasteiger partial charge is 0.235 e. The van der Waals surface area contributed by atoms with Gasteiger partial charge in [-0.2, -0.15) is 4.31 Å². The second kappa shape index (κ2) is 6.55. The summed E-state index contributed by atoms with van der Waals surface area (Å²) in [6, 6.07) is 7.35. The first-order valence-electron chi connectivity index (χ1n) is 6.92. The highest BCUT2D eigenvalue weighted by Crippen LogP contribution is 2.18. The van der Waals surface area contributed by atoms with Crippen molar-refractivity contribution in [1.29, 1.82) is 0 Å². The van der Waals surface area contributed by atoms with Gasteiger partial charge in [0.25, 0.3) is 0 Å². The fourth-order valence-electron chi connectivity index (χ4n) is 1.89. The first-order valence-corrected chi connectivity index (χ1v) is 8.53. The van der Waals surface area contributed by atoms with Crippen LogP contribution in [0.25, 0.3) is 0 Å². The number of rotatable bonds is 7. The summed E-state index contributed by atoms with van der Waals surface area (Å²) < 4.78 is 25.5. The van der Waals surface area contributed by atoms with Gasteiger partial charge in [-0.15, -0.1) is 0 Å². The second-order valence-electron chi connectivity index (χ2n) is 5.37. The number of sulfonamides is 1. The molecule has 116 valence electrons. The number of nitrogens with zero attached hydrogens (tertiary/aromatic N) is 1. The van der Waals surface area contributed by atoms with Crippen LogP contribution in [0.5, 0.6) is 0 Å². The van der Waals surface area contributed by atoms with Crippen molar-refractivity contribution >= 4 is 15.9 Å². The molecule has 0 unspecified atom stereocenters. The van der Waals surface area contributed by atoms with Crippen LogP contribution in [0.3, 0.4) is 0 Å². The van der Waals surface area contributed by atoms with Gasteiger partial charge in [0, 0.05) is 19.6 Å². The van der Waals surface area contributed by atoms with E-state index in [1.165, 1.54) is 7.05 Å². The average molecular weight is 311 g/mol. The minimum Gasteiger partial charge on any atom is -0.352 e. The van der Waals surface area contributed by atoms with Crippen molar-refractivity contribution in [3.63, 3.8) is 0 Å². The molecule has 1 fully saturated rings. The summed E-state index contributed by atoms with van der Waals surface area (Å²) in [5.74, 6) is -0.368. The maximum absolute atomic E-state index is 12.2. The fraction of sp³-hybridized carbons (Fsp3) is 0.500. The Bertz CT molecular complexity index is 594. The fourth-order valence-corrected chi connectivity index (χ4v) is 3.04. The van der Waals surface area contributed by atoms with Gasteiger partial charge in [-0.3, -0.25) is 4.79 Å². The van der Waals surface area contributed by atoms with Crippen LogP contribution < -0.4 is 11.1 Å². The molecule has 0 radical (unpaired) electrons.